The van der Waals surface area contributed by atoms with Gasteiger partial charge in [0.2, 0.25) is 0 Å². The van der Waals surface area contributed by atoms with Crippen LogP contribution in [0.25, 0.3) is 99.5 Å². The Labute approximate surface area is 325 Å². The molecule has 2 nitrogen and oxygen atoms in total. The van der Waals surface area contributed by atoms with Crippen LogP contribution in [-0.4, -0.2) is 9.13 Å². The molecule has 11 rings (SSSR count). The largest absolute Gasteiger partial charge is 0.309 e. The van der Waals surface area contributed by atoms with E-state index in [0.717, 1.165) is 5.69 Å². The Kier molecular flexibility index (Phi) is 7.53. The Morgan fingerprint density at radius 3 is 1.20 bits per heavy atom. The van der Waals surface area contributed by atoms with Crippen molar-refractivity contribution >= 4 is 43.6 Å². The summed E-state index contributed by atoms with van der Waals surface area (Å²) in [6.07, 6.45) is 0. The maximum Gasteiger partial charge on any atom is 0.0541 e. The fourth-order valence-corrected chi connectivity index (χ4v) is 8.70. The van der Waals surface area contributed by atoms with Crippen molar-refractivity contribution < 1.29 is 0 Å². The predicted octanol–water partition coefficient (Wildman–Crippen LogP) is 14.5. The zero-order chi connectivity index (χ0) is 37.0. The molecule has 11 aromatic rings. The van der Waals surface area contributed by atoms with E-state index in [-0.39, 0.29) is 0 Å². The summed E-state index contributed by atoms with van der Waals surface area (Å²) in [6.45, 7) is 0. The van der Waals surface area contributed by atoms with E-state index in [9.17, 15) is 0 Å². The monoisotopic (exact) mass is 712 g/mol. The third-order valence-corrected chi connectivity index (χ3v) is 11.3. The zero-order valence-electron chi connectivity index (χ0n) is 30.7. The summed E-state index contributed by atoms with van der Waals surface area (Å²) in [7, 11) is 0. The third kappa shape index (κ3) is 5.26. The van der Waals surface area contributed by atoms with E-state index >= 15 is 0 Å². The van der Waals surface area contributed by atoms with Crippen molar-refractivity contribution in [3.05, 3.63) is 218 Å². The quantitative estimate of drug-likeness (QED) is 0.162. The Morgan fingerprint density at radius 2 is 0.625 bits per heavy atom. The predicted molar refractivity (Wildman–Crippen MR) is 237 cm³/mol. The summed E-state index contributed by atoms with van der Waals surface area (Å²) in [4.78, 5) is 0. The van der Waals surface area contributed by atoms with Gasteiger partial charge in [-0.15, -0.1) is 0 Å². The smallest absolute Gasteiger partial charge is 0.0541 e. The second-order valence-corrected chi connectivity index (χ2v) is 14.5. The van der Waals surface area contributed by atoms with Crippen LogP contribution < -0.4 is 0 Å². The molecule has 2 heteroatoms. The summed E-state index contributed by atoms with van der Waals surface area (Å²) < 4.78 is 4.82. The van der Waals surface area contributed by atoms with Crippen molar-refractivity contribution in [2.75, 3.05) is 0 Å². The molecule has 0 aliphatic heterocycles. The lowest BCUT2D eigenvalue weighted by Crippen LogP contribution is -1.96. The molecule has 0 unspecified atom stereocenters. The summed E-state index contributed by atoms with van der Waals surface area (Å²) in [5.41, 5.74) is 16.8. The second kappa shape index (κ2) is 13.2. The van der Waals surface area contributed by atoms with Crippen molar-refractivity contribution in [2.45, 2.75) is 0 Å². The van der Waals surface area contributed by atoms with Crippen molar-refractivity contribution in [1.29, 1.82) is 0 Å². The number of nitrogens with zero attached hydrogens (tertiary/aromatic N) is 2. The molecule has 2 heterocycles. The van der Waals surface area contributed by atoms with Gasteiger partial charge in [-0.3, -0.25) is 0 Å². The van der Waals surface area contributed by atoms with Gasteiger partial charge in [0.25, 0.3) is 0 Å². The number of aromatic nitrogens is 2. The summed E-state index contributed by atoms with van der Waals surface area (Å²) in [5.74, 6) is 0. The average Bonchev–Trinajstić information content (AvgIpc) is 3.79. The molecule has 0 atom stereocenters. The first-order chi connectivity index (χ1) is 27.8. The third-order valence-electron chi connectivity index (χ3n) is 11.3. The zero-order valence-corrected chi connectivity index (χ0v) is 30.7. The number of hydrogen-bond acceptors (Lipinski definition) is 0. The van der Waals surface area contributed by atoms with E-state index in [2.05, 4.69) is 228 Å². The molecule has 262 valence electrons. The molecule has 0 fully saturated rings. The van der Waals surface area contributed by atoms with E-state index in [0.29, 0.717) is 0 Å². The lowest BCUT2D eigenvalue weighted by Gasteiger charge is -2.15. The van der Waals surface area contributed by atoms with Crippen LogP contribution in [-0.2, 0) is 0 Å². The highest BCUT2D eigenvalue weighted by Crippen LogP contribution is 2.41. The highest BCUT2D eigenvalue weighted by molar-refractivity contribution is 6.13. The van der Waals surface area contributed by atoms with Gasteiger partial charge in [-0.2, -0.15) is 0 Å². The molecule has 0 radical (unpaired) electrons. The SMILES string of the molecule is c1ccc(-c2ccc3c(c2)c2cc(-c4ccc5c(c4)c4ccccc4n5-c4ccccc4)ccc2n3-c2ccc(-c3ccccc3)c(-c3ccccc3)c2)cc1. The molecule has 0 aliphatic carbocycles. The van der Waals surface area contributed by atoms with Gasteiger partial charge < -0.3 is 9.13 Å². The second-order valence-electron chi connectivity index (χ2n) is 14.5. The van der Waals surface area contributed by atoms with E-state index in [1.165, 1.54) is 93.8 Å². The number of hydrogen-bond donors (Lipinski definition) is 0. The molecule has 0 saturated heterocycles. The fourth-order valence-electron chi connectivity index (χ4n) is 8.70. The van der Waals surface area contributed by atoms with E-state index in [4.69, 9.17) is 0 Å². The van der Waals surface area contributed by atoms with Crippen molar-refractivity contribution in [2.24, 2.45) is 0 Å². The molecule has 0 spiro atoms. The number of benzene rings is 9. The van der Waals surface area contributed by atoms with Crippen LogP contribution in [0.15, 0.2) is 218 Å². The average molecular weight is 713 g/mol. The van der Waals surface area contributed by atoms with Crippen molar-refractivity contribution in [3.8, 4) is 55.9 Å². The molecule has 0 saturated carbocycles. The van der Waals surface area contributed by atoms with Crippen LogP contribution in [0, 0.1) is 0 Å². The minimum Gasteiger partial charge on any atom is -0.309 e. The first-order valence-corrected chi connectivity index (χ1v) is 19.3. The summed E-state index contributed by atoms with van der Waals surface area (Å²) in [6, 6.07) is 79.4. The fraction of sp³-hybridized carbons (Fsp3) is 0. The van der Waals surface area contributed by atoms with Crippen LogP contribution in [0.3, 0.4) is 0 Å². The molecule has 56 heavy (non-hydrogen) atoms. The van der Waals surface area contributed by atoms with Gasteiger partial charge in [0, 0.05) is 32.9 Å². The van der Waals surface area contributed by atoms with Crippen molar-refractivity contribution in [3.63, 3.8) is 0 Å². The van der Waals surface area contributed by atoms with Gasteiger partial charge in [0.05, 0.1) is 22.1 Å². The lowest BCUT2D eigenvalue weighted by atomic mass is 9.94. The minimum absolute atomic E-state index is 1.14. The summed E-state index contributed by atoms with van der Waals surface area (Å²) >= 11 is 0. The maximum atomic E-state index is 2.45. The Morgan fingerprint density at radius 1 is 0.214 bits per heavy atom. The molecule has 0 N–H and O–H groups in total. The maximum absolute atomic E-state index is 2.45. The van der Waals surface area contributed by atoms with Crippen LogP contribution in [0.5, 0.6) is 0 Å². The van der Waals surface area contributed by atoms with Crippen LogP contribution >= 0.6 is 0 Å². The van der Waals surface area contributed by atoms with E-state index in [1.54, 1.807) is 0 Å². The number of rotatable bonds is 6. The Hall–Kier alpha value is -7.42. The molecule has 9 aromatic carbocycles. The van der Waals surface area contributed by atoms with Gasteiger partial charge in [0.1, 0.15) is 0 Å². The lowest BCUT2D eigenvalue weighted by molar-refractivity contribution is 1.18. The molecule has 0 amide bonds. The van der Waals surface area contributed by atoms with Crippen LogP contribution in [0.2, 0.25) is 0 Å². The van der Waals surface area contributed by atoms with Crippen molar-refractivity contribution in [1.82, 2.24) is 9.13 Å². The van der Waals surface area contributed by atoms with E-state index < -0.39 is 0 Å². The Balaban J connectivity index is 1.13. The highest BCUT2D eigenvalue weighted by Gasteiger charge is 2.18. The Bertz CT molecular complexity index is 3210. The normalized spacial score (nSPS) is 11.6. The highest BCUT2D eigenvalue weighted by atomic mass is 15.0. The molecule has 0 bridgehead atoms. The summed E-state index contributed by atoms with van der Waals surface area (Å²) in [5, 5.41) is 4.98. The van der Waals surface area contributed by atoms with Crippen LogP contribution in [0.4, 0.5) is 0 Å². The van der Waals surface area contributed by atoms with Gasteiger partial charge in [-0.05, 0) is 111 Å². The minimum atomic E-state index is 1.14. The molecule has 0 aliphatic rings. The van der Waals surface area contributed by atoms with Gasteiger partial charge >= 0.3 is 0 Å². The standard InChI is InChI=1S/C54H36N2/c1-5-15-37(16-6-1)40-25-30-53-49(33-40)50-35-42(41-26-31-52-48(34-41)46-23-13-14-24-51(46)55(52)43-21-11-4-12-22-43)27-32-54(50)56(53)44-28-29-45(38-17-7-2-8-18-38)47(36-44)39-19-9-3-10-20-39/h1-36H. The van der Waals surface area contributed by atoms with Gasteiger partial charge in [0.15, 0.2) is 0 Å². The first-order valence-electron chi connectivity index (χ1n) is 19.3. The van der Waals surface area contributed by atoms with Crippen LogP contribution in [0.1, 0.15) is 0 Å². The topological polar surface area (TPSA) is 9.86 Å². The molecular weight excluding hydrogens is 677 g/mol. The van der Waals surface area contributed by atoms with Gasteiger partial charge in [-0.25, -0.2) is 0 Å². The number of para-hydroxylation sites is 2. The van der Waals surface area contributed by atoms with Gasteiger partial charge in [-0.1, -0.05) is 152 Å². The molecule has 2 aromatic heterocycles. The van der Waals surface area contributed by atoms with E-state index in [1.807, 2.05) is 0 Å². The molecular formula is C54H36N2. The first kappa shape index (κ1) is 32.0. The number of fused-ring (bicyclic) bond motifs is 6.